The number of halogens is 2. The summed E-state index contributed by atoms with van der Waals surface area (Å²) < 4.78 is 16.8. The number of carbonyl (C=O) groups is 2. The minimum Gasteiger partial charge on any atom is -0.493 e. The van der Waals surface area contributed by atoms with Crippen LogP contribution in [0.3, 0.4) is 0 Å². The largest absolute Gasteiger partial charge is 0.493 e. The number of methoxy groups -OCH3 is 2. The van der Waals surface area contributed by atoms with E-state index in [9.17, 15) is 9.59 Å². The fourth-order valence-corrected chi connectivity index (χ4v) is 2.99. The Kier molecular flexibility index (Phi) is 8.46. The molecule has 0 bridgehead atoms. The summed E-state index contributed by atoms with van der Waals surface area (Å²) in [7, 11) is 2.76. The standard InChI is InChI=1S/C19H18Br2N2O5/c1-26-16-8-13(7-15(21)19(16)28-11-18(25)27-2)10-22-23-17(24)9-12-3-5-14(20)6-4-12/h3-8,10H,9,11H2,1-2H3,(H,23,24)/b22-10-. The average molecular weight is 514 g/mol. The molecule has 2 aromatic rings. The Bertz CT molecular complexity index is 869. The van der Waals surface area contributed by atoms with Crippen LogP contribution in [0.5, 0.6) is 11.5 Å². The molecule has 0 fully saturated rings. The normalized spacial score (nSPS) is 10.6. The van der Waals surface area contributed by atoms with Crippen molar-refractivity contribution in [3.63, 3.8) is 0 Å². The van der Waals surface area contributed by atoms with Crippen LogP contribution in [0.1, 0.15) is 11.1 Å². The van der Waals surface area contributed by atoms with E-state index < -0.39 is 5.97 Å². The van der Waals surface area contributed by atoms with Crippen molar-refractivity contribution < 1.29 is 23.8 Å². The SMILES string of the molecule is COC(=O)COc1c(Br)cc(/C=N\NC(=O)Cc2ccc(Br)cc2)cc1OC. The first-order valence-corrected chi connectivity index (χ1v) is 9.65. The Morgan fingerprint density at radius 3 is 2.50 bits per heavy atom. The van der Waals surface area contributed by atoms with Gasteiger partial charge in [0.1, 0.15) is 0 Å². The van der Waals surface area contributed by atoms with Crippen LogP contribution >= 0.6 is 31.9 Å². The molecule has 1 amide bonds. The molecule has 7 nitrogen and oxygen atoms in total. The van der Waals surface area contributed by atoms with Gasteiger partial charge in [-0.1, -0.05) is 28.1 Å². The maximum atomic E-state index is 12.0. The topological polar surface area (TPSA) is 86.2 Å². The summed E-state index contributed by atoms with van der Waals surface area (Å²) in [5.74, 6) is 0.0287. The van der Waals surface area contributed by atoms with Crippen LogP contribution in [0.2, 0.25) is 0 Å². The summed E-state index contributed by atoms with van der Waals surface area (Å²) in [6, 6.07) is 10.9. The molecule has 2 rings (SSSR count). The molecular formula is C19H18Br2N2O5. The van der Waals surface area contributed by atoms with Crippen LogP contribution < -0.4 is 14.9 Å². The highest BCUT2D eigenvalue weighted by molar-refractivity contribution is 9.10. The molecule has 0 spiro atoms. The Morgan fingerprint density at radius 1 is 1.14 bits per heavy atom. The van der Waals surface area contributed by atoms with Gasteiger partial charge in [-0.15, -0.1) is 0 Å². The molecule has 0 saturated carbocycles. The van der Waals surface area contributed by atoms with Crippen molar-refractivity contribution in [1.82, 2.24) is 5.43 Å². The van der Waals surface area contributed by atoms with Crippen molar-refractivity contribution in [2.24, 2.45) is 5.10 Å². The lowest BCUT2D eigenvalue weighted by molar-refractivity contribution is -0.143. The predicted molar refractivity (Wildman–Crippen MR) is 112 cm³/mol. The van der Waals surface area contributed by atoms with Crippen molar-refractivity contribution in [2.45, 2.75) is 6.42 Å². The molecule has 0 atom stereocenters. The van der Waals surface area contributed by atoms with E-state index in [0.717, 1.165) is 10.0 Å². The molecule has 0 radical (unpaired) electrons. The first-order chi connectivity index (χ1) is 13.4. The lowest BCUT2D eigenvalue weighted by atomic mass is 10.1. The van der Waals surface area contributed by atoms with Crippen LogP contribution in [-0.4, -0.2) is 38.9 Å². The lowest BCUT2D eigenvalue weighted by Crippen LogP contribution is -2.19. The van der Waals surface area contributed by atoms with Gasteiger partial charge in [0.2, 0.25) is 5.91 Å². The van der Waals surface area contributed by atoms with E-state index in [4.69, 9.17) is 9.47 Å². The van der Waals surface area contributed by atoms with Crippen LogP contribution in [0.25, 0.3) is 0 Å². The maximum absolute atomic E-state index is 12.0. The highest BCUT2D eigenvalue weighted by Crippen LogP contribution is 2.36. The number of esters is 1. The van der Waals surface area contributed by atoms with Crippen molar-refractivity contribution in [1.29, 1.82) is 0 Å². The first-order valence-electron chi connectivity index (χ1n) is 8.06. The predicted octanol–water partition coefficient (Wildman–Crippen LogP) is 3.46. The smallest absolute Gasteiger partial charge is 0.343 e. The van der Waals surface area contributed by atoms with E-state index in [1.165, 1.54) is 20.4 Å². The second-order valence-electron chi connectivity index (χ2n) is 5.50. The molecule has 0 aliphatic heterocycles. The molecule has 0 heterocycles. The number of ether oxygens (including phenoxy) is 3. The van der Waals surface area contributed by atoms with Gasteiger partial charge in [-0.2, -0.15) is 5.10 Å². The highest BCUT2D eigenvalue weighted by atomic mass is 79.9. The van der Waals surface area contributed by atoms with Crippen molar-refractivity contribution >= 4 is 50.0 Å². The summed E-state index contributed by atoms with van der Waals surface area (Å²) in [6.45, 7) is -0.245. The fraction of sp³-hybridized carbons (Fsp3) is 0.211. The van der Waals surface area contributed by atoms with E-state index in [0.29, 0.717) is 21.5 Å². The fourth-order valence-electron chi connectivity index (χ4n) is 2.15. The third-order valence-corrected chi connectivity index (χ3v) is 4.61. The Hall–Kier alpha value is -2.39. The van der Waals surface area contributed by atoms with E-state index in [2.05, 4.69) is 47.1 Å². The number of benzene rings is 2. The van der Waals surface area contributed by atoms with Gasteiger partial charge in [0.25, 0.3) is 0 Å². The van der Waals surface area contributed by atoms with Gasteiger partial charge in [0.05, 0.1) is 31.3 Å². The van der Waals surface area contributed by atoms with Gasteiger partial charge >= 0.3 is 5.97 Å². The minimum absolute atomic E-state index is 0.220. The molecule has 1 N–H and O–H groups in total. The Morgan fingerprint density at radius 2 is 1.86 bits per heavy atom. The number of nitrogens with one attached hydrogen (secondary N) is 1. The van der Waals surface area contributed by atoms with Gasteiger partial charge in [0.15, 0.2) is 18.1 Å². The molecule has 0 aliphatic rings. The number of nitrogens with zero attached hydrogens (tertiary/aromatic N) is 1. The van der Waals surface area contributed by atoms with Gasteiger partial charge in [-0.3, -0.25) is 4.79 Å². The highest BCUT2D eigenvalue weighted by Gasteiger charge is 2.13. The second kappa shape index (κ2) is 10.8. The number of carbonyl (C=O) groups excluding carboxylic acids is 2. The van der Waals surface area contributed by atoms with Crippen LogP contribution in [-0.2, 0) is 20.7 Å². The summed E-state index contributed by atoms with van der Waals surface area (Å²) >= 11 is 6.72. The lowest BCUT2D eigenvalue weighted by Gasteiger charge is -2.12. The molecule has 2 aromatic carbocycles. The molecule has 0 saturated heterocycles. The Labute approximate surface area is 179 Å². The third kappa shape index (κ3) is 6.65. The Balaban J connectivity index is 2.00. The van der Waals surface area contributed by atoms with Gasteiger partial charge in [-0.05, 0) is 51.3 Å². The van der Waals surface area contributed by atoms with Crippen molar-refractivity contribution in [2.75, 3.05) is 20.8 Å². The summed E-state index contributed by atoms with van der Waals surface area (Å²) in [5.41, 5.74) is 4.03. The van der Waals surface area contributed by atoms with Crippen LogP contribution in [0.4, 0.5) is 0 Å². The second-order valence-corrected chi connectivity index (χ2v) is 7.27. The zero-order valence-electron chi connectivity index (χ0n) is 15.2. The van der Waals surface area contributed by atoms with Crippen molar-refractivity contribution in [3.05, 3.63) is 56.5 Å². The molecule has 9 heteroatoms. The summed E-state index contributed by atoms with van der Waals surface area (Å²) in [4.78, 5) is 23.2. The third-order valence-electron chi connectivity index (χ3n) is 3.49. The number of rotatable bonds is 8. The van der Waals surface area contributed by atoms with Crippen molar-refractivity contribution in [3.8, 4) is 11.5 Å². The average Bonchev–Trinajstić information content (AvgIpc) is 2.68. The zero-order valence-corrected chi connectivity index (χ0v) is 18.4. The van der Waals surface area contributed by atoms with Crippen LogP contribution in [0, 0.1) is 0 Å². The van der Waals surface area contributed by atoms with E-state index in [1.54, 1.807) is 12.1 Å². The zero-order chi connectivity index (χ0) is 20.5. The minimum atomic E-state index is -0.506. The molecule has 0 unspecified atom stereocenters. The molecule has 0 aliphatic carbocycles. The monoisotopic (exact) mass is 512 g/mol. The maximum Gasteiger partial charge on any atom is 0.343 e. The molecular weight excluding hydrogens is 496 g/mol. The number of hydrogen-bond donors (Lipinski definition) is 1. The number of hydrazone groups is 1. The van der Waals surface area contributed by atoms with E-state index in [-0.39, 0.29) is 18.9 Å². The number of hydrogen-bond acceptors (Lipinski definition) is 6. The van der Waals surface area contributed by atoms with Gasteiger partial charge in [-0.25, -0.2) is 10.2 Å². The number of amides is 1. The van der Waals surface area contributed by atoms with Gasteiger partial charge < -0.3 is 14.2 Å². The molecule has 148 valence electrons. The molecule has 0 aromatic heterocycles. The summed E-state index contributed by atoms with van der Waals surface area (Å²) in [5, 5.41) is 3.96. The van der Waals surface area contributed by atoms with E-state index in [1.807, 2.05) is 24.3 Å². The van der Waals surface area contributed by atoms with Crippen LogP contribution in [0.15, 0.2) is 50.4 Å². The first kappa shape index (κ1) is 21.9. The molecule has 28 heavy (non-hydrogen) atoms. The van der Waals surface area contributed by atoms with Gasteiger partial charge in [0, 0.05) is 4.47 Å². The quantitative estimate of drug-likeness (QED) is 0.332. The van der Waals surface area contributed by atoms with E-state index >= 15 is 0 Å². The summed E-state index contributed by atoms with van der Waals surface area (Å²) in [6.07, 6.45) is 1.70.